The lowest BCUT2D eigenvalue weighted by atomic mass is 9.87. The summed E-state index contributed by atoms with van der Waals surface area (Å²) in [4.78, 5) is 25.1. The van der Waals surface area contributed by atoms with Crippen LogP contribution in [-0.4, -0.2) is 30.3 Å². The summed E-state index contributed by atoms with van der Waals surface area (Å²) in [6.45, 7) is 9.47. The monoisotopic (exact) mass is 425 g/mol. The molecule has 0 fully saturated rings. The normalized spacial score (nSPS) is 12.9. The molecular weight excluding hydrogens is 394 g/mol. The van der Waals surface area contributed by atoms with E-state index in [4.69, 9.17) is 14.2 Å². The predicted octanol–water partition coefficient (Wildman–Crippen LogP) is 4.82. The number of amides is 1. The second kappa shape index (κ2) is 10.7. The quantitative estimate of drug-likeness (QED) is 0.461. The SMILES string of the molecule is C=CCC(Cc1ccc(OCc2ccccc2)cc1)(NC(=O)OC(C)(C)C)C(=O)OC. The molecule has 2 rings (SSSR count). The molecular formula is C25H31NO5. The third kappa shape index (κ3) is 7.48. The van der Waals surface area contributed by atoms with Crippen molar-refractivity contribution in [2.45, 2.75) is 51.4 Å². The van der Waals surface area contributed by atoms with Crippen LogP contribution in [0.3, 0.4) is 0 Å². The Morgan fingerprint density at radius 1 is 1.00 bits per heavy atom. The largest absolute Gasteiger partial charge is 0.489 e. The first kappa shape index (κ1) is 24.0. The number of carbonyl (C=O) groups is 2. The zero-order valence-corrected chi connectivity index (χ0v) is 18.6. The number of benzene rings is 2. The molecule has 0 heterocycles. The molecule has 0 aromatic heterocycles. The van der Waals surface area contributed by atoms with Gasteiger partial charge in [-0.15, -0.1) is 6.58 Å². The number of ether oxygens (including phenoxy) is 3. The molecule has 1 N–H and O–H groups in total. The Hall–Kier alpha value is -3.28. The number of alkyl carbamates (subject to hydrolysis) is 1. The summed E-state index contributed by atoms with van der Waals surface area (Å²) in [5.41, 5.74) is -0.123. The van der Waals surface area contributed by atoms with Gasteiger partial charge in [0.25, 0.3) is 0 Å². The van der Waals surface area contributed by atoms with E-state index in [0.717, 1.165) is 11.1 Å². The first-order chi connectivity index (χ1) is 14.7. The van der Waals surface area contributed by atoms with Crippen molar-refractivity contribution in [1.29, 1.82) is 0 Å². The molecule has 0 aliphatic rings. The maximum atomic E-state index is 12.7. The number of hydrogen-bond acceptors (Lipinski definition) is 5. The van der Waals surface area contributed by atoms with Crippen LogP contribution in [0.4, 0.5) is 4.79 Å². The summed E-state index contributed by atoms with van der Waals surface area (Å²) in [5.74, 6) is 0.141. The van der Waals surface area contributed by atoms with Crippen molar-refractivity contribution in [2.75, 3.05) is 7.11 Å². The maximum absolute atomic E-state index is 12.7. The van der Waals surface area contributed by atoms with Gasteiger partial charge < -0.3 is 19.5 Å². The van der Waals surface area contributed by atoms with E-state index >= 15 is 0 Å². The predicted molar refractivity (Wildman–Crippen MR) is 120 cm³/mol. The van der Waals surface area contributed by atoms with Crippen LogP contribution < -0.4 is 10.1 Å². The number of rotatable bonds is 9. The third-order valence-corrected chi connectivity index (χ3v) is 4.49. The summed E-state index contributed by atoms with van der Waals surface area (Å²) in [5, 5.41) is 2.71. The number of esters is 1. The summed E-state index contributed by atoms with van der Waals surface area (Å²) in [6.07, 6.45) is 1.28. The van der Waals surface area contributed by atoms with E-state index in [0.29, 0.717) is 12.4 Å². The molecule has 0 saturated heterocycles. The smallest absolute Gasteiger partial charge is 0.408 e. The van der Waals surface area contributed by atoms with Crippen LogP contribution in [0.1, 0.15) is 38.3 Å². The van der Waals surface area contributed by atoms with E-state index in [2.05, 4.69) is 11.9 Å². The van der Waals surface area contributed by atoms with Crippen LogP contribution in [0, 0.1) is 0 Å². The summed E-state index contributed by atoms with van der Waals surface area (Å²) in [6, 6.07) is 17.3. The van der Waals surface area contributed by atoms with Crippen molar-refractivity contribution in [3.8, 4) is 5.75 Å². The van der Waals surface area contributed by atoms with Crippen molar-refractivity contribution in [3.63, 3.8) is 0 Å². The standard InChI is InChI=1S/C25H31NO5/c1-6-16-25(22(27)29-5,26-23(28)31-24(2,3)4)17-19-12-14-21(15-13-19)30-18-20-10-8-7-9-11-20/h6-15H,1,16-18H2,2-5H3,(H,26,28). The molecule has 0 radical (unpaired) electrons. The average molecular weight is 426 g/mol. The van der Waals surface area contributed by atoms with E-state index in [1.165, 1.54) is 7.11 Å². The lowest BCUT2D eigenvalue weighted by Crippen LogP contribution is -2.57. The molecule has 6 nitrogen and oxygen atoms in total. The van der Waals surface area contributed by atoms with E-state index in [-0.39, 0.29) is 12.8 Å². The second-order valence-electron chi connectivity index (χ2n) is 8.29. The number of hydrogen-bond donors (Lipinski definition) is 1. The van der Waals surface area contributed by atoms with E-state index in [1.54, 1.807) is 26.8 Å². The van der Waals surface area contributed by atoms with Crippen LogP contribution >= 0.6 is 0 Å². The van der Waals surface area contributed by atoms with Gasteiger partial charge in [-0.05, 0) is 50.5 Å². The highest BCUT2D eigenvalue weighted by Gasteiger charge is 2.41. The Kier molecular flexibility index (Phi) is 8.25. The van der Waals surface area contributed by atoms with Gasteiger partial charge in [0.2, 0.25) is 0 Å². The molecule has 1 amide bonds. The highest BCUT2D eigenvalue weighted by molar-refractivity contribution is 5.86. The Morgan fingerprint density at radius 2 is 1.65 bits per heavy atom. The van der Waals surface area contributed by atoms with Crippen LogP contribution in [0.25, 0.3) is 0 Å². The Bertz CT molecular complexity index is 871. The minimum Gasteiger partial charge on any atom is -0.489 e. The Balaban J connectivity index is 2.16. The fraction of sp³-hybridized carbons (Fsp3) is 0.360. The average Bonchev–Trinajstić information content (AvgIpc) is 2.72. The van der Waals surface area contributed by atoms with Crippen molar-refractivity contribution < 1.29 is 23.8 Å². The van der Waals surface area contributed by atoms with Crippen molar-refractivity contribution in [2.24, 2.45) is 0 Å². The fourth-order valence-electron chi connectivity index (χ4n) is 3.11. The van der Waals surface area contributed by atoms with Gasteiger partial charge in [0.05, 0.1) is 7.11 Å². The van der Waals surface area contributed by atoms with Crippen molar-refractivity contribution in [1.82, 2.24) is 5.32 Å². The van der Waals surface area contributed by atoms with Crippen LogP contribution in [0.2, 0.25) is 0 Å². The van der Waals surface area contributed by atoms with Crippen molar-refractivity contribution in [3.05, 3.63) is 78.4 Å². The summed E-state index contributed by atoms with van der Waals surface area (Å²) < 4.78 is 16.2. The molecule has 0 bridgehead atoms. The highest BCUT2D eigenvalue weighted by Crippen LogP contribution is 2.23. The lowest BCUT2D eigenvalue weighted by molar-refractivity contribution is -0.148. The number of methoxy groups -OCH3 is 1. The summed E-state index contributed by atoms with van der Waals surface area (Å²) in [7, 11) is 1.29. The van der Waals surface area contributed by atoms with Crippen LogP contribution in [0.15, 0.2) is 67.3 Å². The Morgan fingerprint density at radius 3 is 2.19 bits per heavy atom. The molecule has 0 aliphatic carbocycles. The molecule has 2 aromatic rings. The van der Waals surface area contributed by atoms with Gasteiger partial charge in [0.15, 0.2) is 0 Å². The molecule has 0 spiro atoms. The maximum Gasteiger partial charge on any atom is 0.408 e. The van der Waals surface area contributed by atoms with Gasteiger partial charge in [0, 0.05) is 6.42 Å². The first-order valence-electron chi connectivity index (χ1n) is 10.1. The second-order valence-corrected chi connectivity index (χ2v) is 8.29. The van der Waals surface area contributed by atoms with E-state index in [1.807, 2.05) is 54.6 Å². The third-order valence-electron chi connectivity index (χ3n) is 4.49. The van der Waals surface area contributed by atoms with Crippen LogP contribution in [-0.2, 0) is 27.3 Å². The zero-order valence-electron chi connectivity index (χ0n) is 18.6. The molecule has 0 saturated carbocycles. The fourth-order valence-corrected chi connectivity index (χ4v) is 3.11. The molecule has 2 aromatic carbocycles. The molecule has 166 valence electrons. The minimum atomic E-state index is -1.33. The van der Waals surface area contributed by atoms with E-state index < -0.39 is 23.2 Å². The summed E-state index contributed by atoms with van der Waals surface area (Å²) >= 11 is 0. The number of nitrogens with one attached hydrogen (secondary N) is 1. The topological polar surface area (TPSA) is 73.9 Å². The number of carbonyl (C=O) groups excluding carboxylic acids is 2. The zero-order chi connectivity index (χ0) is 22.9. The molecule has 1 unspecified atom stereocenters. The first-order valence-corrected chi connectivity index (χ1v) is 10.1. The lowest BCUT2D eigenvalue weighted by Gasteiger charge is -2.32. The molecule has 31 heavy (non-hydrogen) atoms. The molecule has 1 atom stereocenters. The molecule has 6 heteroatoms. The Labute approximate surface area is 184 Å². The van der Waals surface area contributed by atoms with Gasteiger partial charge in [-0.25, -0.2) is 9.59 Å². The van der Waals surface area contributed by atoms with Crippen molar-refractivity contribution >= 4 is 12.1 Å². The van der Waals surface area contributed by atoms with Gasteiger partial charge in [-0.2, -0.15) is 0 Å². The van der Waals surface area contributed by atoms with E-state index in [9.17, 15) is 9.59 Å². The van der Waals surface area contributed by atoms with Gasteiger partial charge in [-0.3, -0.25) is 0 Å². The minimum absolute atomic E-state index is 0.186. The van der Waals surface area contributed by atoms with Gasteiger partial charge in [-0.1, -0.05) is 48.5 Å². The van der Waals surface area contributed by atoms with Gasteiger partial charge in [0.1, 0.15) is 23.5 Å². The molecule has 0 aliphatic heterocycles. The van der Waals surface area contributed by atoms with Crippen LogP contribution in [0.5, 0.6) is 5.75 Å². The highest BCUT2D eigenvalue weighted by atomic mass is 16.6. The van der Waals surface area contributed by atoms with Gasteiger partial charge >= 0.3 is 12.1 Å².